The summed E-state index contributed by atoms with van der Waals surface area (Å²) in [6, 6.07) is 9.79. The Labute approximate surface area is 118 Å². The van der Waals surface area contributed by atoms with Gasteiger partial charge in [-0.05, 0) is 43.4 Å². The number of benzene rings is 1. The number of rotatable bonds is 3. The average molecular weight is 274 g/mol. The lowest BCUT2D eigenvalue weighted by Gasteiger charge is -2.31. The van der Waals surface area contributed by atoms with Gasteiger partial charge in [-0.25, -0.2) is 0 Å². The molecule has 1 fully saturated rings. The van der Waals surface area contributed by atoms with Gasteiger partial charge < -0.3 is 5.32 Å². The second kappa shape index (κ2) is 6.12. The summed E-state index contributed by atoms with van der Waals surface area (Å²) in [5.41, 5.74) is -0.0361. The van der Waals surface area contributed by atoms with Gasteiger partial charge in [-0.15, -0.1) is 11.8 Å². The Morgan fingerprint density at radius 3 is 2.42 bits per heavy atom. The normalized spacial score (nSPS) is 17.5. The molecule has 0 bridgehead atoms. The number of nitrogens with one attached hydrogen (secondary N) is 1. The number of carbonyl (C=O) groups is 1. The number of nitriles is 1. The molecule has 1 amide bonds. The highest BCUT2D eigenvalue weighted by molar-refractivity contribution is 7.98. The van der Waals surface area contributed by atoms with E-state index in [4.69, 9.17) is 0 Å². The fourth-order valence-electron chi connectivity index (χ4n) is 2.45. The lowest BCUT2D eigenvalue weighted by Crippen LogP contribution is -2.48. The molecule has 0 unspecified atom stereocenters. The maximum Gasteiger partial charge on any atom is 0.252 e. The number of amides is 1. The molecule has 1 saturated carbocycles. The van der Waals surface area contributed by atoms with Crippen LogP contribution in [0.4, 0.5) is 0 Å². The zero-order valence-electron chi connectivity index (χ0n) is 11.1. The third-order valence-electron chi connectivity index (χ3n) is 3.63. The van der Waals surface area contributed by atoms with Crippen LogP contribution in [0, 0.1) is 11.3 Å². The van der Waals surface area contributed by atoms with Crippen LogP contribution in [0.5, 0.6) is 0 Å². The molecule has 3 nitrogen and oxygen atoms in total. The average Bonchev–Trinajstić information content (AvgIpc) is 2.48. The third kappa shape index (κ3) is 3.30. The van der Waals surface area contributed by atoms with Crippen molar-refractivity contribution in [2.75, 3.05) is 6.26 Å². The first kappa shape index (κ1) is 14.0. The number of hydrogen-bond donors (Lipinski definition) is 1. The van der Waals surface area contributed by atoms with Gasteiger partial charge in [0.25, 0.3) is 5.91 Å². The Kier molecular flexibility index (Phi) is 4.49. The highest BCUT2D eigenvalue weighted by atomic mass is 32.2. The molecule has 0 heterocycles. The minimum Gasteiger partial charge on any atom is -0.334 e. The van der Waals surface area contributed by atoms with Crippen LogP contribution in [0.15, 0.2) is 29.2 Å². The van der Waals surface area contributed by atoms with E-state index < -0.39 is 5.54 Å². The zero-order chi connectivity index (χ0) is 13.7. The van der Waals surface area contributed by atoms with Gasteiger partial charge in [0.05, 0.1) is 6.07 Å². The summed E-state index contributed by atoms with van der Waals surface area (Å²) in [5.74, 6) is -0.142. The van der Waals surface area contributed by atoms with Gasteiger partial charge in [0.2, 0.25) is 0 Å². The highest BCUT2D eigenvalue weighted by Crippen LogP contribution is 2.28. The van der Waals surface area contributed by atoms with E-state index in [0.29, 0.717) is 5.56 Å². The largest absolute Gasteiger partial charge is 0.334 e. The van der Waals surface area contributed by atoms with Crippen molar-refractivity contribution in [1.82, 2.24) is 5.32 Å². The molecule has 0 saturated heterocycles. The summed E-state index contributed by atoms with van der Waals surface area (Å²) in [6.07, 6.45) is 6.71. The molecular formula is C15H18N2OS. The number of nitrogens with zero attached hydrogens (tertiary/aromatic N) is 1. The third-order valence-corrected chi connectivity index (χ3v) is 4.37. The maximum atomic E-state index is 12.2. The minimum absolute atomic E-state index is 0.142. The van der Waals surface area contributed by atoms with Crippen LogP contribution in [0.1, 0.15) is 42.5 Å². The second-order valence-electron chi connectivity index (χ2n) is 4.94. The summed E-state index contributed by atoms with van der Waals surface area (Å²) in [5, 5.41) is 12.3. The van der Waals surface area contributed by atoms with E-state index in [1.807, 2.05) is 30.5 Å². The Balaban J connectivity index is 2.08. The van der Waals surface area contributed by atoms with Crippen LogP contribution in [0.25, 0.3) is 0 Å². The summed E-state index contributed by atoms with van der Waals surface area (Å²) < 4.78 is 0. The lowest BCUT2D eigenvalue weighted by molar-refractivity contribution is 0.0902. The number of carbonyl (C=O) groups excluding carboxylic acids is 1. The van der Waals surface area contributed by atoms with Crippen molar-refractivity contribution in [1.29, 1.82) is 5.26 Å². The fourth-order valence-corrected chi connectivity index (χ4v) is 2.86. The first-order chi connectivity index (χ1) is 9.19. The molecule has 1 N–H and O–H groups in total. The molecule has 1 aliphatic carbocycles. The van der Waals surface area contributed by atoms with E-state index in [9.17, 15) is 10.1 Å². The van der Waals surface area contributed by atoms with Gasteiger partial charge in [0.1, 0.15) is 5.54 Å². The first-order valence-electron chi connectivity index (χ1n) is 6.57. The summed E-state index contributed by atoms with van der Waals surface area (Å²) in [4.78, 5) is 13.3. The zero-order valence-corrected chi connectivity index (χ0v) is 11.9. The molecule has 0 atom stereocenters. The summed E-state index contributed by atoms with van der Waals surface area (Å²) >= 11 is 1.64. The molecule has 19 heavy (non-hydrogen) atoms. The van der Waals surface area contributed by atoms with Gasteiger partial charge in [-0.3, -0.25) is 4.79 Å². The van der Waals surface area contributed by atoms with Crippen LogP contribution in [-0.4, -0.2) is 17.7 Å². The van der Waals surface area contributed by atoms with E-state index in [2.05, 4.69) is 11.4 Å². The Morgan fingerprint density at radius 1 is 1.26 bits per heavy atom. The molecule has 100 valence electrons. The molecule has 4 heteroatoms. The second-order valence-corrected chi connectivity index (χ2v) is 5.82. The monoisotopic (exact) mass is 274 g/mol. The van der Waals surface area contributed by atoms with Crippen LogP contribution in [0.2, 0.25) is 0 Å². The maximum absolute atomic E-state index is 12.2. The Hall–Kier alpha value is -1.47. The first-order valence-corrected chi connectivity index (χ1v) is 7.79. The van der Waals surface area contributed by atoms with Crippen molar-refractivity contribution < 1.29 is 4.79 Å². The van der Waals surface area contributed by atoms with E-state index in [0.717, 1.165) is 37.0 Å². The standard InChI is InChI=1S/C15H18N2OS/c1-19-13-7-5-12(6-8-13)14(18)17-15(11-16)9-3-2-4-10-15/h5-8H,2-4,9-10H2,1H3,(H,17,18). The fraction of sp³-hybridized carbons (Fsp3) is 0.467. The van der Waals surface area contributed by atoms with Crippen molar-refractivity contribution in [2.45, 2.75) is 42.5 Å². The van der Waals surface area contributed by atoms with E-state index in [1.165, 1.54) is 0 Å². The highest BCUT2D eigenvalue weighted by Gasteiger charge is 2.33. The number of thioether (sulfide) groups is 1. The summed E-state index contributed by atoms with van der Waals surface area (Å²) in [7, 11) is 0. The quantitative estimate of drug-likeness (QED) is 0.860. The molecule has 1 aromatic carbocycles. The molecule has 2 rings (SSSR count). The smallest absolute Gasteiger partial charge is 0.252 e. The van der Waals surface area contributed by atoms with Crippen molar-refractivity contribution in [3.05, 3.63) is 29.8 Å². The van der Waals surface area contributed by atoms with Gasteiger partial charge in [0.15, 0.2) is 0 Å². The minimum atomic E-state index is -0.659. The molecule has 0 aromatic heterocycles. The van der Waals surface area contributed by atoms with Gasteiger partial charge in [-0.1, -0.05) is 19.3 Å². The Morgan fingerprint density at radius 2 is 1.89 bits per heavy atom. The van der Waals surface area contributed by atoms with Gasteiger partial charge in [0, 0.05) is 10.5 Å². The van der Waals surface area contributed by atoms with Crippen molar-refractivity contribution >= 4 is 17.7 Å². The van der Waals surface area contributed by atoms with Crippen LogP contribution in [-0.2, 0) is 0 Å². The summed E-state index contributed by atoms with van der Waals surface area (Å²) in [6.45, 7) is 0. The van der Waals surface area contributed by atoms with Crippen molar-refractivity contribution in [2.24, 2.45) is 0 Å². The molecule has 0 aliphatic heterocycles. The SMILES string of the molecule is CSc1ccc(C(=O)NC2(C#N)CCCCC2)cc1. The molecule has 1 aromatic rings. The van der Waals surface area contributed by atoms with Crippen LogP contribution >= 0.6 is 11.8 Å². The van der Waals surface area contributed by atoms with E-state index in [1.54, 1.807) is 11.8 Å². The Bertz CT molecular complexity index is 484. The lowest BCUT2D eigenvalue weighted by atomic mass is 9.82. The van der Waals surface area contributed by atoms with Crippen LogP contribution in [0.3, 0.4) is 0 Å². The molecule has 0 radical (unpaired) electrons. The van der Waals surface area contributed by atoms with E-state index in [-0.39, 0.29) is 5.91 Å². The van der Waals surface area contributed by atoms with Crippen LogP contribution < -0.4 is 5.32 Å². The number of hydrogen-bond acceptors (Lipinski definition) is 3. The van der Waals surface area contributed by atoms with E-state index >= 15 is 0 Å². The topological polar surface area (TPSA) is 52.9 Å². The van der Waals surface area contributed by atoms with Crippen molar-refractivity contribution in [3.8, 4) is 6.07 Å². The van der Waals surface area contributed by atoms with Crippen molar-refractivity contribution in [3.63, 3.8) is 0 Å². The molecule has 0 spiro atoms. The predicted octanol–water partition coefficient (Wildman–Crippen LogP) is 3.36. The predicted molar refractivity (Wildman–Crippen MR) is 77.1 cm³/mol. The molecular weight excluding hydrogens is 256 g/mol. The molecule has 1 aliphatic rings. The van der Waals surface area contributed by atoms with Gasteiger partial charge in [-0.2, -0.15) is 5.26 Å². The van der Waals surface area contributed by atoms with Gasteiger partial charge >= 0.3 is 0 Å².